The van der Waals surface area contributed by atoms with Crippen molar-refractivity contribution in [2.24, 2.45) is 11.3 Å². The van der Waals surface area contributed by atoms with Gasteiger partial charge in [-0.2, -0.15) is 0 Å². The Morgan fingerprint density at radius 3 is 2.51 bits per heavy atom. The number of aliphatic hydroxyl groups excluding tert-OH is 1. The molecule has 1 fully saturated rings. The monoisotopic (exact) mass is 535 g/mol. The third kappa shape index (κ3) is 6.17. The van der Waals surface area contributed by atoms with Crippen molar-refractivity contribution in [3.05, 3.63) is 71.2 Å². The number of fused-ring (bicyclic) bond motifs is 1. The second-order valence-electron chi connectivity index (χ2n) is 10.8. The van der Waals surface area contributed by atoms with Crippen LogP contribution in [-0.2, 0) is 41.6 Å². The van der Waals surface area contributed by atoms with Crippen LogP contribution in [0.5, 0.6) is 0 Å². The Labute approximate surface area is 227 Å². The molecule has 0 radical (unpaired) electrons. The molecule has 1 aromatic heterocycles. The molecule has 0 bridgehead atoms. The maximum atomic E-state index is 13.2. The highest BCUT2D eigenvalue weighted by atomic mass is 16.7. The lowest BCUT2D eigenvalue weighted by atomic mass is 9.82. The largest absolute Gasteiger partial charge is 0.427 e. The number of pyridine rings is 1. The summed E-state index contributed by atoms with van der Waals surface area (Å²) in [5, 5.41) is 13.0. The molecule has 0 saturated carbocycles. The summed E-state index contributed by atoms with van der Waals surface area (Å²) < 4.78 is 10.3. The van der Waals surface area contributed by atoms with Crippen LogP contribution in [0.3, 0.4) is 0 Å². The second-order valence-corrected chi connectivity index (χ2v) is 10.8. The number of ether oxygens (including phenoxy) is 2. The number of carbonyl (C=O) groups excluding carboxylic acids is 4. The van der Waals surface area contributed by atoms with E-state index in [1.807, 2.05) is 24.3 Å². The molecule has 10 heteroatoms. The van der Waals surface area contributed by atoms with Crippen LogP contribution < -0.4 is 5.32 Å². The first-order chi connectivity index (χ1) is 18.5. The molecule has 0 unspecified atom stereocenters. The molecule has 0 spiro atoms. The first kappa shape index (κ1) is 28.0. The van der Waals surface area contributed by atoms with Crippen molar-refractivity contribution in [3.8, 4) is 0 Å². The predicted octanol–water partition coefficient (Wildman–Crippen LogP) is 2.35. The van der Waals surface area contributed by atoms with Gasteiger partial charge in [0, 0.05) is 18.9 Å². The van der Waals surface area contributed by atoms with Crippen molar-refractivity contribution in [2.75, 3.05) is 6.79 Å². The first-order valence-corrected chi connectivity index (χ1v) is 12.8. The summed E-state index contributed by atoms with van der Waals surface area (Å²) in [6.45, 7) is 6.38. The van der Waals surface area contributed by atoms with Gasteiger partial charge in [0.2, 0.25) is 18.6 Å². The summed E-state index contributed by atoms with van der Waals surface area (Å²) in [6, 6.07) is 10.5. The van der Waals surface area contributed by atoms with Crippen LogP contribution >= 0.6 is 0 Å². The third-order valence-corrected chi connectivity index (χ3v) is 6.79. The Morgan fingerprint density at radius 1 is 1.13 bits per heavy atom. The van der Waals surface area contributed by atoms with Gasteiger partial charge in [-0.05, 0) is 68.5 Å². The van der Waals surface area contributed by atoms with Crippen LogP contribution in [0.4, 0.5) is 0 Å². The second kappa shape index (κ2) is 11.4. The number of β-lactam (4-membered cyclic amide) rings is 1. The lowest BCUT2D eigenvalue weighted by molar-refractivity contribution is -0.175. The summed E-state index contributed by atoms with van der Waals surface area (Å²) >= 11 is 0. The van der Waals surface area contributed by atoms with Gasteiger partial charge in [0.05, 0.1) is 29.9 Å². The molecular formula is C29H33N3O7. The quantitative estimate of drug-likeness (QED) is 0.284. The SMILES string of the molecule is C[C@@H](O)[C@H]1C(=O)N2C(C(=O)OCOC(=O)C(C)(C)C)=C(c3cccc(CC(=O)NCc4ccncc4)c3)C[C@H]12. The Kier molecular flexibility index (Phi) is 8.15. The smallest absolute Gasteiger partial charge is 0.358 e. The van der Waals surface area contributed by atoms with Crippen molar-refractivity contribution in [1.29, 1.82) is 0 Å². The van der Waals surface area contributed by atoms with Gasteiger partial charge in [-0.3, -0.25) is 19.4 Å². The number of hydrogen-bond acceptors (Lipinski definition) is 8. The molecule has 39 heavy (non-hydrogen) atoms. The molecule has 10 nitrogen and oxygen atoms in total. The number of aromatic nitrogens is 1. The lowest BCUT2D eigenvalue weighted by Crippen LogP contribution is -2.61. The van der Waals surface area contributed by atoms with E-state index in [9.17, 15) is 24.3 Å². The summed E-state index contributed by atoms with van der Waals surface area (Å²) in [5.41, 5.74) is 2.20. The minimum atomic E-state index is -0.876. The Hall–Kier alpha value is -4.05. The van der Waals surface area contributed by atoms with E-state index in [1.54, 1.807) is 52.2 Å². The zero-order valence-corrected chi connectivity index (χ0v) is 22.5. The highest BCUT2D eigenvalue weighted by Crippen LogP contribution is 2.47. The van der Waals surface area contributed by atoms with Crippen LogP contribution in [0, 0.1) is 11.3 Å². The van der Waals surface area contributed by atoms with E-state index in [0.717, 1.165) is 11.1 Å². The van der Waals surface area contributed by atoms with Crippen molar-refractivity contribution >= 4 is 29.3 Å². The van der Waals surface area contributed by atoms with Gasteiger partial charge in [0.15, 0.2) is 0 Å². The minimum absolute atomic E-state index is 0.0630. The van der Waals surface area contributed by atoms with Crippen LogP contribution in [0.1, 0.15) is 50.8 Å². The van der Waals surface area contributed by atoms with Crippen LogP contribution in [0.2, 0.25) is 0 Å². The Balaban J connectivity index is 1.52. The van der Waals surface area contributed by atoms with Gasteiger partial charge >= 0.3 is 11.9 Å². The standard InChI is InChI=1S/C29H33N3O7/c1-17(33)24-22-14-21(25(32(22)26(24)35)27(36)38-16-39-28(37)29(2,3)4)20-7-5-6-19(12-20)13-23(34)31-15-18-8-10-30-11-9-18/h5-12,17,22,24,33H,13-16H2,1-4H3,(H,31,34)/t17-,22-,24-/m1/s1. The van der Waals surface area contributed by atoms with Crippen molar-refractivity contribution in [3.63, 3.8) is 0 Å². The van der Waals surface area contributed by atoms with E-state index >= 15 is 0 Å². The molecule has 1 aromatic carbocycles. The van der Waals surface area contributed by atoms with Crippen LogP contribution in [-0.4, -0.2) is 57.7 Å². The average Bonchev–Trinajstić information content (AvgIpc) is 3.22. The number of benzene rings is 1. The summed E-state index contributed by atoms with van der Waals surface area (Å²) in [7, 11) is 0. The van der Waals surface area contributed by atoms with Gasteiger partial charge < -0.3 is 24.8 Å². The normalized spacial score (nSPS) is 19.2. The van der Waals surface area contributed by atoms with E-state index in [4.69, 9.17) is 9.47 Å². The number of nitrogens with one attached hydrogen (secondary N) is 1. The first-order valence-electron chi connectivity index (χ1n) is 12.8. The highest BCUT2D eigenvalue weighted by Gasteiger charge is 2.57. The molecule has 3 atom stereocenters. The van der Waals surface area contributed by atoms with Crippen LogP contribution in [0.15, 0.2) is 54.5 Å². The summed E-state index contributed by atoms with van der Waals surface area (Å²) in [5.74, 6) is -2.50. The molecule has 0 aliphatic carbocycles. The number of nitrogens with zero attached hydrogens (tertiary/aromatic N) is 2. The average molecular weight is 536 g/mol. The van der Waals surface area contributed by atoms with E-state index in [-0.39, 0.29) is 30.0 Å². The summed E-state index contributed by atoms with van der Waals surface area (Å²) in [4.78, 5) is 56.0. The number of amides is 2. The lowest BCUT2D eigenvalue weighted by Gasteiger charge is -2.44. The van der Waals surface area contributed by atoms with E-state index in [2.05, 4.69) is 10.3 Å². The predicted molar refractivity (Wildman–Crippen MR) is 140 cm³/mol. The maximum absolute atomic E-state index is 13.2. The Morgan fingerprint density at radius 2 is 1.85 bits per heavy atom. The fraction of sp³-hybridized carbons (Fsp3) is 0.414. The molecule has 2 aliphatic rings. The molecule has 206 valence electrons. The van der Waals surface area contributed by atoms with Crippen LogP contribution in [0.25, 0.3) is 5.57 Å². The highest BCUT2D eigenvalue weighted by molar-refractivity contribution is 6.06. The van der Waals surface area contributed by atoms with E-state index in [1.165, 1.54) is 4.90 Å². The molecule has 2 aliphatic heterocycles. The van der Waals surface area contributed by atoms with E-state index < -0.39 is 36.2 Å². The van der Waals surface area contributed by atoms with Gasteiger partial charge in [0.25, 0.3) is 0 Å². The third-order valence-electron chi connectivity index (χ3n) is 6.79. The topological polar surface area (TPSA) is 135 Å². The molecule has 1 saturated heterocycles. The van der Waals surface area contributed by atoms with Crippen molar-refractivity contribution in [1.82, 2.24) is 15.2 Å². The molecule has 3 heterocycles. The van der Waals surface area contributed by atoms with Crippen molar-refractivity contribution in [2.45, 2.75) is 59.2 Å². The molecule has 4 rings (SSSR count). The molecule has 2 N–H and O–H groups in total. The number of hydrogen-bond donors (Lipinski definition) is 2. The molecule has 2 amide bonds. The van der Waals surface area contributed by atoms with Gasteiger partial charge in [-0.15, -0.1) is 0 Å². The van der Waals surface area contributed by atoms with E-state index in [0.29, 0.717) is 24.1 Å². The number of aliphatic hydroxyl groups is 1. The fourth-order valence-corrected chi connectivity index (χ4v) is 4.76. The maximum Gasteiger partial charge on any atom is 0.358 e. The fourth-order valence-electron chi connectivity index (χ4n) is 4.76. The van der Waals surface area contributed by atoms with Gasteiger partial charge in [-0.25, -0.2) is 4.79 Å². The van der Waals surface area contributed by atoms with Gasteiger partial charge in [0.1, 0.15) is 5.70 Å². The number of carbonyl (C=O) groups is 4. The molecule has 2 aromatic rings. The Bertz CT molecular complexity index is 1300. The zero-order valence-electron chi connectivity index (χ0n) is 22.5. The number of rotatable bonds is 9. The molecular weight excluding hydrogens is 502 g/mol. The summed E-state index contributed by atoms with van der Waals surface area (Å²) in [6.07, 6.45) is 2.90. The van der Waals surface area contributed by atoms with Crippen molar-refractivity contribution < 1.29 is 33.8 Å². The number of esters is 2. The zero-order chi connectivity index (χ0) is 28.3. The van der Waals surface area contributed by atoms with Gasteiger partial charge in [-0.1, -0.05) is 24.3 Å². The minimum Gasteiger partial charge on any atom is -0.427 e.